The van der Waals surface area contributed by atoms with Crippen LogP contribution in [0.2, 0.25) is 5.02 Å². The van der Waals surface area contributed by atoms with Crippen LogP contribution in [0, 0.1) is 0 Å². The molecule has 0 saturated carbocycles. The molecule has 0 bridgehead atoms. The lowest BCUT2D eigenvalue weighted by molar-refractivity contribution is 0.451. The molecule has 2 aromatic rings. The van der Waals surface area contributed by atoms with Gasteiger partial charge in [-0.2, -0.15) is 0 Å². The molecule has 1 aromatic carbocycles. The zero-order valence-electron chi connectivity index (χ0n) is 12.7. The number of nitrogens with one attached hydrogen (secondary N) is 1. The molecule has 112 valence electrons. The summed E-state index contributed by atoms with van der Waals surface area (Å²) < 4.78 is 5.98. The number of pyridine rings is 1. The van der Waals surface area contributed by atoms with Crippen LogP contribution in [0.15, 0.2) is 36.5 Å². The lowest BCUT2D eigenvalue weighted by Crippen LogP contribution is -2.06. The second-order valence-electron chi connectivity index (χ2n) is 5.09. The Bertz CT molecular complexity index is 601. The van der Waals surface area contributed by atoms with E-state index < -0.39 is 0 Å². The Balaban J connectivity index is 2.28. The maximum absolute atomic E-state index is 6.12. The summed E-state index contributed by atoms with van der Waals surface area (Å²) in [5.41, 5.74) is 2.18. The van der Waals surface area contributed by atoms with E-state index in [1.54, 1.807) is 6.20 Å². The van der Waals surface area contributed by atoms with Gasteiger partial charge in [-0.25, -0.2) is 4.98 Å². The van der Waals surface area contributed by atoms with Crippen molar-refractivity contribution in [2.75, 3.05) is 7.05 Å². The highest BCUT2D eigenvalue weighted by Gasteiger charge is 2.11. The van der Waals surface area contributed by atoms with E-state index in [1.807, 2.05) is 31.3 Å². The Labute approximate surface area is 131 Å². The van der Waals surface area contributed by atoms with Crippen LogP contribution >= 0.6 is 11.6 Å². The number of halogens is 1. The first-order valence-corrected chi connectivity index (χ1v) is 7.59. The van der Waals surface area contributed by atoms with Gasteiger partial charge in [-0.1, -0.05) is 43.6 Å². The molecule has 0 saturated heterocycles. The molecular weight excluding hydrogens is 284 g/mol. The molecule has 0 radical (unpaired) electrons. The topological polar surface area (TPSA) is 34.1 Å². The average Bonchev–Trinajstić information content (AvgIpc) is 2.50. The van der Waals surface area contributed by atoms with Gasteiger partial charge < -0.3 is 10.1 Å². The van der Waals surface area contributed by atoms with Gasteiger partial charge in [0.2, 0.25) is 5.88 Å². The highest BCUT2D eigenvalue weighted by Crippen LogP contribution is 2.32. The predicted molar refractivity (Wildman–Crippen MR) is 87.2 cm³/mol. The molecule has 4 heteroatoms. The van der Waals surface area contributed by atoms with E-state index in [2.05, 4.69) is 30.2 Å². The Kier molecular flexibility index (Phi) is 5.59. The smallest absolute Gasteiger partial charge is 0.219 e. The van der Waals surface area contributed by atoms with Gasteiger partial charge in [-0.3, -0.25) is 0 Å². The van der Waals surface area contributed by atoms with E-state index in [-0.39, 0.29) is 0 Å². The van der Waals surface area contributed by atoms with Gasteiger partial charge in [0, 0.05) is 18.8 Å². The summed E-state index contributed by atoms with van der Waals surface area (Å²) in [4.78, 5) is 4.26. The maximum Gasteiger partial charge on any atom is 0.219 e. The van der Waals surface area contributed by atoms with E-state index >= 15 is 0 Å². The first-order chi connectivity index (χ1) is 10.2. The van der Waals surface area contributed by atoms with Crippen LogP contribution in [-0.4, -0.2) is 12.0 Å². The third-order valence-corrected chi connectivity index (χ3v) is 3.89. The van der Waals surface area contributed by atoms with Crippen LogP contribution in [0.5, 0.6) is 11.6 Å². The van der Waals surface area contributed by atoms with Crippen LogP contribution < -0.4 is 10.1 Å². The Morgan fingerprint density at radius 3 is 2.81 bits per heavy atom. The molecule has 2 rings (SSSR count). The first-order valence-electron chi connectivity index (χ1n) is 7.21. The van der Waals surface area contributed by atoms with Gasteiger partial charge >= 0.3 is 0 Å². The third-order valence-electron chi connectivity index (χ3n) is 3.55. The molecule has 21 heavy (non-hydrogen) atoms. The summed E-state index contributed by atoms with van der Waals surface area (Å²) in [6.07, 6.45) is 2.70. The molecule has 1 unspecified atom stereocenters. The minimum absolute atomic E-state index is 0.449. The van der Waals surface area contributed by atoms with E-state index in [1.165, 1.54) is 5.56 Å². The summed E-state index contributed by atoms with van der Waals surface area (Å²) in [6, 6.07) is 9.98. The summed E-state index contributed by atoms with van der Waals surface area (Å²) in [6.45, 7) is 5.06. The summed E-state index contributed by atoms with van der Waals surface area (Å²) in [7, 11) is 1.88. The standard InChI is InChI=1S/C17H21ClN2O/c1-4-12(2)14-7-5-6-8-16(14)21-17-9-13(10-19-3)15(18)11-20-17/h5-9,11-12,19H,4,10H2,1-3H3. The minimum atomic E-state index is 0.449. The Hall–Kier alpha value is -1.58. The number of rotatable bonds is 6. The molecule has 1 N–H and O–H groups in total. The fourth-order valence-corrected chi connectivity index (χ4v) is 2.32. The van der Waals surface area contributed by atoms with Crippen LogP contribution in [0.3, 0.4) is 0 Å². The maximum atomic E-state index is 6.12. The molecule has 1 aromatic heterocycles. The van der Waals surface area contributed by atoms with Crippen molar-refractivity contribution >= 4 is 11.6 Å². The molecule has 0 spiro atoms. The van der Waals surface area contributed by atoms with Gasteiger partial charge in [-0.15, -0.1) is 0 Å². The van der Waals surface area contributed by atoms with Gasteiger partial charge in [-0.05, 0) is 36.6 Å². The van der Waals surface area contributed by atoms with Gasteiger partial charge in [0.25, 0.3) is 0 Å². The fourth-order valence-electron chi connectivity index (χ4n) is 2.15. The van der Waals surface area contributed by atoms with Crippen LogP contribution in [0.1, 0.15) is 37.3 Å². The van der Waals surface area contributed by atoms with Crippen molar-refractivity contribution in [3.05, 3.63) is 52.7 Å². The van der Waals surface area contributed by atoms with Crippen molar-refractivity contribution in [2.45, 2.75) is 32.7 Å². The number of ether oxygens (including phenoxy) is 1. The molecule has 3 nitrogen and oxygen atoms in total. The van der Waals surface area contributed by atoms with E-state index in [0.29, 0.717) is 23.4 Å². The van der Waals surface area contributed by atoms with Crippen molar-refractivity contribution in [1.82, 2.24) is 10.3 Å². The van der Waals surface area contributed by atoms with Crippen LogP contribution in [0.4, 0.5) is 0 Å². The van der Waals surface area contributed by atoms with Crippen molar-refractivity contribution in [3.63, 3.8) is 0 Å². The number of hydrogen-bond donors (Lipinski definition) is 1. The number of benzene rings is 1. The summed E-state index contributed by atoms with van der Waals surface area (Å²) in [5.74, 6) is 1.88. The van der Waals surface area contributed by atoms with Crippen molar-refractivity contribution < 1.29 is 4.74 Å². The van der Waals surface area contributed by atoms with E-state index in [9.17, 15) is 0 Å². The summed E-state index contributed by atoms with van der Waals surface area (Å²) >= 11 is 6.12. The van der Waals surface area contributed by atoms with E-state index in [4.69, 9.17) is 16.3 Å². The molecule has 0 amide bonds. The molecule has 0 fully saturated rings. The van der Waals surface area contributed by atoms with E-state index in [0.717, 1.165) is 17.7 Å². The lowest BCUT2D eigenvalue weighted by atomic mass is 9.98. The minimum Gasteiger partial charge on any atom is -0.439 e. The number of hydrogen-bond acceptors (Lipinski definition) is 3. The summed E-state index contributed by atoms with van der Waals surface area (Å²) in [5, 5.41) is 3.73. The SMILES string of the molecule is CCC(C)c1ccccc1Oc1cc(CNC)c(Cl)cn1. The fraction of sp³-hybridized carbons (Fsp3) is 0.353. The molecule has 1 atom stereocenters. The van der Waals surface area contributed by atoms with Crippen molar-refractivity contribution in [3.8, 4) is 11.6 Å². The van der Waals surface area contributed by atoms with Crippen LogP contribution in [0.25, 0.3) is 0 Å². The van der Waals surface area contributed by atoms with Crippen LogP contribution in [-0.2, 0) is 6.54 Å². The zero-order chi connectivity index (χ0) is 15.2. The van der Waals surface area contributed by atoms with Crippen molar-refractivity contribution in [2.24, 2.45) is 0 Å². The highest BCUT2D eigenvalue weighted by molar-refractivity contribution is 6.31. The Morgan fingerprint density at radius 2 is 2.10 bits per heavy atom. The number of para-hydroxylation sites is 1. The largest absolute Gasteiger partial charge is 0.439 e. The second kappa shape index (κ2) is 7.43. The monoisotopic (exact) mass is 304 g/mol. The predicted octanol–water partition coefficient (Wildman–Crippen LogP) is 4.76. The molecular formula is C17H21ClN2O. The van der Waals surface area contributed by atoms with Gasteiger partial charge in [0.15, 0.2) is 0 Å². The van der Waals surface area contributed by atoms with Crippen molar-refractivity contribution in [1.29, 1.82) is 0 Å². The Morgan fingerprint density at radius 1 is 1.33 bits per heavy atom. The highest BCUT2D eigenvalue weighted by atomic mass is 35.5. The third kappa shape index (κ3) is 3.96. The average molecular weight is 305 g/mol. The second-order valence-corrected chi connectivity index (χ2v) is 5.50. The lowest BCUT2D eigenvalue weighted by Gasteiger charge is -2.15. The molecule has 0 aliphatic rings. The molecule has 1 heterocycles. The van der Waals surface area contributed by atoms with Gasteiger partial charge in [0.1, 0.15) is 5.75 Å². The number of aromatic nitrogens is 1. The van der Waals surface area contributed by atoms with Gasteiger partial charge in [0.05, 0.1) is 5.02 Å². The normalized spacial score (nSPS) is 12.2. The number of nitrogens with zero attached hydrogens (tertiary/aromatic N) is 1. The first kappa shape index (κ1) is 15.8. The zero-order valence-corrected chi connectivity index (χ0v) is 13.4. The molecule has 0 aliphatic heterocycles. The quantitative estimate of drug-likeness (QED) is 0.835. The molecule has 0 aliphatic carbocycles.